The highest BCUT2D eigenvalue weighted by Gasteiger charge is 2.25. The van der Waals surface area contributed by atoms with Crippen LogP contribution in [0.5, 0.6) is 0 Å². The standard InChI is InChI=1S/C13H28N2/c1-10(2)5-6-12(4)15-8-7-11(3)13(14)9-15/h10-13H,5-9,14H2,1-4H3. The van der Waals surface area contributed by atoms with Crippen LogP contribution in [0.3, 0.4) is 0 Å². The average Bonchev–Trinajstić information content (AvgIpc) is 2.18. The number of hydrogen-bond donors (Lipinski definition) is 1. The SMILES string of the molecule is CC(C)CCC(C)N1CCC(C)C(N)C1. The predicted octanol–water partition coefficient (Wildman–Crippen LogP) is 2.48. The van der Waals surface area contributed by atoms with E-state index in [2.05, 4.69) is 32.6 Å². The Morgan fingerprint density at radius 3 is 2.47 bits per heavy atom. The zero-order chi connectivity index (χ0) is 11.4. The van der Waals surface area contributed by atoms with E-state index in [1.807, 2.05) is 0 Å². The fourth-order valence-electron chi connectivity index (χ4n) is 2.28. The summed E-state index contributed by atoms with van der Waals surface area (Å²) < 4.78 is 0. The molecular weight excluding hydrogens is 184 g/mol. The lowest BCUT2D eigenvalue weighted by Crippen LogP contribution is -2.50. The van der Waals surface area contributed by atoms with Crippen molar-refractivity contribution in [2.75, 3.05) is 13.1 Å². The molecule has 1 heterocycles. The van der Waals surface area contributed by atoms with E-state index in [9.17, 15) is 0 Å². The number of nitrogens with two attached hydrogens (primary N) is 1. The van der Waals surface area contributed by atoms with E-state index in [0.717, 1.165) is 12.5 Å². The van der Waals surface area contributed by atoms with Gasteiger partial charge in [0.2, 0.25) is 0 Å². The van der Waals surface area contributed by atoms with Crippen LogP contribution in [0.1, 0.15) is 47.0 Å². The Bertz CT molecular complexity index is 179. The van der Waals surface area contributed by atoms with Crippen molar-refractivity contribution in [2.45, 2.75) is 59.0 Å². The fraction of sp³-hybridized carbons (Fsp3) is 1.00. The third-order valence-electron chi connectivity index (χ3n) is 3.83. The summed E-state index contributed by atoms with van der Waals surface area (Å²) in [4.78, 5) is 2.58. The largest absolute Gasteiger partial charge is 0.326 e. The summed E-state index contributed by atoms with van der Waals surface area (Å²) in [6, 6.07) is 1.10. The van der Waals surface area contributed by atoms with Gasteiger partial charge in [-0.1, -0.05) is 20.8 Å². The van der Waals surface area contributed by atoms with Crippen LogP contribution < -0.4 is 5.73 Å². The Balaban J connectivity index is 2.30. The Morgan fingerprint density at radius 1 is 1.27 bits per heavy atom. The zero-order valence-corrected chi connectivity index (χ0v) is 10.9. The van der Waals surface area contributed by atoms with Crippen LogP contribution in [0.15, 0.2) is 0 Å². The van der Waals surface area contributed by atoms with E-state index in [4.69, 9.17) is 5.73 Å². The molecule has 0 spiro atoms. The number of nitrogens with zero attached hydrogens (tertiary/aromatic N) is 1. The molecule has 0 amide bonds. The van der Waals surface area contributed by atoms with Gasteiger partial charge < -0.3 is 5.73 Å². The van der Waals surface area contributed by atoms with Crippen LogP contribution in [-0.2, 0) is 0 Å². The highest BCUT2D eigenvalue weighted by atomic mass is 15.2. The van der Waals surface area contributed by atoms with Gasteiger partial charge in [0.1, 0.15) is 0 Å². The maximum absolute atomic E-state index is 6.12. The van der Waals surface area contributed by atoms with Crippen molar-refractivity contribution in [1.29, 1.82) is 0 Å². The third-order valence-corrected chi connectivity index (χ3v) is 3.83. The van der Waals surface area contributed by atoms with Gasteiger partial charge in [-0.05, 0) is 44.6 Å². The van der Waals surface area contributed by atoms with Crippen LogP contribution in [0.25, 0.3) is 0 Å². The molecule has 1 aliphatic heterocycles. The van der Waals surface area contributed by atoms with Crippen molar-refractivity contribution in [3.05, 3.63) is 0 Å². The number of piperidine rings is 1. The van der Waals surface area contributed by atoms with Crippen molar-refractivity contribution in [2.24, 2.45) is 17.6 Å². The number of rotatable bonds is 4. The quantitative estimate of drug-likeness (QED) is 0.776. The summed E-state index contributed by atoms with van der Waals surface area (Å²) in [5.74, 6) is 1.53. The molecule has 1 saturated heterocycles. The van der Waals surface area contributed by atoms with Gasteiger partial charge in [-0.15, -0.1) is 0 Å². The second-order valence-electron chi connectivity index (χ2n) is 5.74. The summed E-state index contributed by atoms with van der Waals surface area (Å²) in [7, 11) is 0. The van der Waals surface area contributed by atoms with Crippen LogP contribution in [0, 0.1) is 11.8 Å². The van der Waals surface area contributed by atoms with Gasteiger partial charge >= 0.3 is 0 Å². The normalized spacial score (nSPS) is 30.8. The van der Waals surface area contributed by atoms with Crippen molar-refractivity contribution >= 4 is 0 Å². The molecule has 0 bridgehead atoms. The summed E-state index contributed by atoms with van der Waals surface area (Å²) in [5, 5.41) is 0. The average molecular weight is 212 g/mol. The maximum Gasteiger partial charge on any atom is 0.0194 e. The minimum absolute atomic E-state index is 0.389. The van der Waals surface area contributed by atoms with Crippen molar-refractivity contribution in [3.8, 4) is 0 Å². The fourth-order valence-corrected chi connectivity index (χ4v) is 2.28. The minimum atomic E-state index is 0.389. The molecule has 1 aliphatic rings. The Hall–Kier alpha value is -0.0800. The minimum Gasteiger partial charge on any atom is -0.326 e. The van der Waals surface area contributed by atoms with Gasteiger partial charge in [-0.25, -0.2) is 0 Å². The molecule has 2 N–H and O–H groups in total. The molecule has 1 fully saturated rings. The molecule has 0 saturated carbocycles. The first-order valence-corrected chi connectivity index (χ1v) is 6.50. The van der Waals surface area contributed by atoms with E-state index < -0.39 is 0 Å². The van der Waals surface area contributed by atoms with Crippen LogP contribution in [0.4, 0.5) is 0 Å². The monoisotopic (exact) mass is 212 g/mol. The van der Waals surface area contributed by atoms with Crippen molar-refractivity contribution < 1.29 is 0 Å². The summed E-state index contributed by atoms with van der Waals surface area (Å²) >= 11 is 0. The third kappa shape index (κ3) is 4.12. The van der Waals surface area contributed by atoms with Gasteiger partial charge in [-0.2, -0.15) is 0 Å². The molecule has 15 heavy (non-hydrogen) atoms. The molecule has 0 aromatic carbocycles. The number of hydrogen-bond acceptors (Lipinski definition) is 2. The van der Waals surface area contributed by atoms with E-state index in [-0.39, 0.29) is 0 Å². The first-order chi connectivity index (χ1) is 7.00. The molecule has 0 aromatic rings. The smallest absolute Gasteiger partial charge is 0.0194 e. The molecule has 3 unspecified atom stereocenters. The molecule has 2 nitrogen and oxygen atoms in total. The Kier molecular flexibility index (Phi) is 5.07. The lowest BCUT2D eigenvalue weighted by molar-refractivity contribution is 0.120. The van der Waals surface area contributed by atoms with Crippen LogP contribution >= 0.6 is 0 Å². The van der Waals surface area contributed by atoms with Crippen LogP contribution in [-0.4, -0.2) is 30.1 Å². The molecule has 0 aromatic heterocycles. The molecule has 90 valence electrons. The molecule has 0 radical (unpaired) electrons. The van der Waals surface area contributed by atoms with E-state index >= 15 is 0 Å². The second kappa shape index (κ2) is 5.86. The second-order valence-corrected chi connectivity index (χ2v) is 5.74. The predicted molar refractivity (Wildman–Crippen MR) is 66.9 cm³/mol. The molecule has 0 aliphatic carbocycles. The lowest BCUT2D eigenvalue weighted by Gasteiger charge is -2.39. The van der Waals surface area contributed by atoms with E-state index in [0.29, 0.717) is 18.0 Å². The lowest BCUT2D eigenvalue weighted by atomic mass is 9.92. The van der Waals surface area contributed by atoms with Gasteiger partial charge in [-0.3, -0.25) is 4.90 Å². The van der Waals surface area contributed by atoms with Crippen LogP contribution in [0.2, 0.25) is 0 Å². The highest BCUT2D eigenvalue weighted by molar-refractivity contribution is 4.83. The summed E-state index contributed by atoms with van der Waals surface area (Å²) in [6.07, 6.45) is 3.93. The van der Waals surface area contributed by atoms with Crippen molar-refractivity contribution in [1.82, 2.24) is 4.90 Å². The Labute approximate surface area is 95.2 Å². The zero-order valence-electron chi connectivity index (χ0n) is 10.9. The van der Waals surface area contributed by atoms with Gasteiger partial charge in [0.25, 0.3) is 0 Å². The van der Waals surface area contributed by atoms with Crippen molar-refractivity contribution in [3.63, 3.8) is 0 Å². The molecule has 3 atom stereocenters. The maximum atomic E-state index is 6.12. The topological polar surface area (TPSA) is 29.3 Å². The first kappa shape index (κ1) is 13.0. The highest BCUT2D eigenvalue weighted by Crippen LogP contribution is 2.20. The van der Waals surface area contributed by atoms with Gasteiger partial charge in [0, 0.05) is 18.6 Å². The molecule has 1 rings (SSSR count). The van der Waals surface area contributed by atoms with Gasteiger partial charge in [0.05, 0.1) is 0 Å². The van der Waals surface area contributed by atoms with Gasteiger partial charge in [0.15, 0.2) is 0 Å². The van der Waals surface area contributed by atoms with E-state index in [1.165, 1.54) is 25.8 Å². The number of likely N-dealkylation sites (tertiary alicyclic amines) is 1. The first-order valence-electron chi connectivity index (χ1n) is 6.50. The summed E-state index contributed by atoms with van der Waals surface area (Å²) in [5.41, 5.74) is 6.12. The molecule has 2 heteroatoms. The van der Waals surface area contributed by atoms with E-state index in [1.54, 1.807) is 0 Å². The molecular formula is C13H28N2. The Morgan fingerprint density at radius 2 is 1.93 bits per heavy atom. The summed E-state index contributed by atoms with van der Waals surface area (Å²) in [6.45, 7) is 11.6.